The number of hydrogen-bond donors (Lipinski definition) is 0. The molecule has 1 aliphatic rings. The van der Waals surface area contributed by atoms with Crippen LogP contribution in [0.15, 0.2) is 42.5 Å². The molecule has 0 N–H and O–H groups in total. The molecule has 0 saturated carbocycles. The lowest BCUT2D eigenvalue weighted by Gasteiger charge is -2.32. The van der Waals surface area contributed by atoms with E-state index in [1.807, 2.05) is 13.8 Å². The summed E-state index contributed by atoms with van der Waals surface area (Å²) in [6, 6.07) is 7.75. The van der Waals surface area contributed by atoms with Crippen LogP contribution in [0.4, 0.5) is 13.2 Å². The van der Waals surface area contributed by atoms with E-state index in [9.17, 15) is 13.2 Å². The van der Waals surface area contributed by atoms with Gasteiger partial charge in [-0.05, 0) is 17.6 Å². The molecule has 2 unspecified atom stereocenters. The highest BCUT2D eigenvalue weighted by Gasteiger charge is 2.58. The molecule has 0 saturated heterocycles. The summed E-state index contributed by atoms with van der Waals surface area (Å²) in [5.41, 5.74) is -2.18. The fraction of sp³-hybridized carbons (Fsp3) is 0.429. The molecule has 4 heteroatoms. The van der Waals surface area contributed by atoms with Gasteiger partial charge in [-0.25, -0.2) is 0 Å². The van der Waals surface area contributed by atoms with Crippen LogP contribution in [0.1, 0.15) is 19.4 Å². The number of ether oxygens (including phenoxy) is 1. The highest BCUT2D eigenvalue weighted by molar-refractivity contribution is 5.33. The van der Waals surface area contributed by atoms with E-state index in [2.05, 4.69) is 0 Å². The summed E-state index contributed by atoms with van der Waals surface area (Å²) in [4.78, 5) is 0. The van der Waals surface area contributed by atoms with Crippen LogP contribution in [0.3, 0.4) is 0 Å². The van der Waals surface area contributed by atoms with E-state index in [-0.39, 0.29) is 11.5 Å². The van der Waals surface area contributed by atoms with Gasteiger partial charge in [-0.3, -0.25) is 0 Å². The largest absolute Gasteiger partial charge is 0.425 e. The topological polar surface area (TPSA) is 9.23 Å². The van der Waals surface area contributed by atoms with E-state index in [4.69, 9.17) is 4.74 Å². The maximum Gasteiger partial charge on any atom is 0.425 e. The fourth-order valence-electron chi connectivity index (χ4n) is 2.06. The number of alkyl halides is 3. The van der Waals surface area contributed by atoms with Crippen molar-refractivity contribution in [3.8, 4) is 0 Å². The van der Waals surface area contributed by atoms with E-state index < -0.39 is 17.9 Å². The SMILES string of the molecule is CC(C)C1C=CC(c2ccccc2)(C(F)(F)F)O1. The standard InChI is InChI=1S/C14H15F3O/c1-10(2)12-8-9-13(18-12,14(15,16)17)11-6-4-3-5-7-11/h3-10,12H,1-2H3. The molecule has 0 bridgehead atoms. The van der Waals surface area contributed by atoms with Crippen LogP contribution in [-0.4, -0.2) is 12.3 Å². The van der Waals surface area contributed by atoms with Gasteiger partial charge in [0.15, 0.2) is 0 Å². The third-order valence-corrected chi connectivity index (χ3v) is 3.12. The monoisotopic (exact) mass is 256 g/mol. The predicted molar refractivity (Wildman–Crippen MR) is 63.0 cm³/mol. The molecule has 98 valence electrons. The first-order valence-corrected chi connectivity index (χ1v) is 5.86. The Morgan fingerprint density at radius 3 is 2.22 bits per heavy atom. The molecular weight excluding hydrogens is 241 g/mol. The lowest BCUT2D eigenvalue weighted by Crippen LogP contribution is -2.43. The van der Waals surface area contributed by atoms with Gasteiger partial charge in [-0.2, -0.15) is 13.2 Å². The number of benzene rings is 1. The van der Waals surface area contributed by atoms with Crippen molar-refractivity contribution in [2.24, 2.45) is 5.92 Å². The van der Waals surface area contributed by atoms with Crippen molar-refractivity contribution >= 4 is 0 Å². The molecule has 2 atom stereocenters. The first kappa shape index (κ1) is 13.1. The normalized spacial score (nSPS) is 28.0. The zero-order valence-electron chi connectivity index (χ0n) is 10.2. The summed E-state index contributed by atoms with van der Waals surface area (Å²) in [6.45, 7) is 3.68. The van der Waals surface area contributed by atoms with Crippen molar-refractivity contribution in [1.29, 1.82) is 0 Å². The second-order valence-electron chi connectivity index (χ2n) is 4.79. The molecule has 1 aliphatic heterocycles. The van der Waals surface area contributed by atoms with Gasteiger partial charge in [0.25, 0.3) is 0 Å². The molecule has 1 nitrogen and oxygen atoms in total. The first-order chi connectivity index (χ1) is 8.37. The second-order valence-corrected chi connectivity index (χ2v) is 4.79. The molecule has 2 rings (SSSR count). The summed E-state index contributed by atoms with van der Waals surface area (Å²) in [5, 5.41) is 0. The highest BCUT2D eigenvalue weighted by Crippen LogP contribution is 2.48. The fourth-order valence-corrected chi connectivity index (χ4v) is 2.06. The van der Waals surface area contributed by atoms with Crippen molar-refractivity contribution in [1.82, 2.24) is 0 Å². The third-order valence-electron chi connectivity index (χ3n) is 3.12. The summed E-state index contributed by atoms with van der Waals surface area (Å²) in [7, 11) is 0. The molecule has 0 spiro atoms. The molecule has 1 heterocycles. The van der Waals surface area contributed by atoms with E-state index in [0.29, 0.717) is 0 Å². The van der Waals surface area contributed by atoms with Gasteiger partial charge in [-0.1, -0.05) is 50.3 Å². The third kappa shape index (κ3) is 2.05. The molecule has 0 aromatic heterocycles. The van der Waals surface area contributed by atoms with E-state index in [0.717, 1.165) is 6.08 Å². The minimum absolute atomic E-state index is 0.00851. The molecule has 0 amide bonds. The lowest BCUT2D eigenvalue weighted by molar-refractivity contribution is -0.267. The highest BCUT2D eigenvalue weighted by atomic mass is 19.4. The lowest BCUT2D eigenvalue weighted by atomic mass is 9.93. The number of halogens is 3. The van der Waals surface area contributed by atoms with Crippen LogP contribution >= 0.6 is 0 Å². The molecule has 0 fully saturated rings. The van der Waals surface area contributed by atoms with Crippen molar-refractivity contribution in [3.05, 3.63) is 48.0 Å². The number of rotatable bonds is 2. The van der Waals surface area contributed by atoms with Crippen LogP contribution in [0.2, 0.25) is 0 Å². The first-order valence-electron chi connectivity index (χ1n) is 5.86. The average molecular weight is 256 g/mol. The Bertz CT molecular complexity index is 436. The van der Waals surface area contributed by atoms with Crippen molar-refractivity contribution in [3.63, 3.8) is 0 Å². The predicted octanol–water partition coefficient (Wildman–Crippen LogP) is 4.06. The molecule has 18 heavy (non-hydrogen) atoms. The quantitative estimate of drug-likeness (QED) is 0.725. The maximum atomic E-state index is 13.4. The Kier molecular flexibility index (Phi) is 3.23. The van der Waals surface area contributed by atoms with E-state index >= 15 is 0 Å². The van der Waals surface area contributed by atoms with Crippen LogP contribution in [-0.2, 0) is 10.3 Å². The molecular formula is C14H15F3O. The van der Waals surface area contributed by atoms with Gasteiger partial charge in [0.1, 0.15) is 0 Å². The molecule has 0 radical (unpaired) electrons. The van der Waals surface area contributed by atoms with Gasteiger partial charge in [0.2, 0.25) is 5.60 Å². The van der Waals surface area contributed by atoms with Crippen LogP contribution in [0.25, 0.3) is 0 Å². The summed E-state index contributed by atoms with van der Waals surface area (Å²) in [6.07, 6.45) is -2.33. The second kappa shape index (κ2) is 4.43. The van der Waals surface area contributed by atoms with Gasteiger partial charge in [0.05, 0.1) is 6.10 Å². The Morgan fingerprint density at radius 2 is 1.78 bits per heavy atom. The molecule has 1 aromatic carbocycles. The summed E-state index contributed by atoms with van der Waals surface area (Å²) >= 11 is 0. The smallest absolute Gasteiger partial charge is 0.349 e. The minimum atomic E-state index is -4.46. The zero-order chi connectivity index (χ0) is 13.4. The Balaban J connectivity index is 2.44. The van der Waals surface area contributed by atoms with Crippen LogP contribution in [0, 0.1) is 5.92 Å². The Hall–Kier alpha value is -1.29. The van der Waals surface area contributed by atoms with Crippen LogP contribution in [0.5, 0.6) is 0 Å². The van der Waals surface area contributed by atoms with E-state index in [1.54, 1.807) is 18.2 Å². The summed E-state index contributed by atoms with van der Waals surface area (Å²) in [5.74, 6) is 0.00851. The van der Waals surface area contributed by atoms with Crippen molar-refractivity contribution in [2.45, 2.75) is 31.7 Å². The summed E-state index contributed by atoms with van der Waals surface area (Å²) < 4.78 is 45.4. The molecule has 0 aliphatic carbocycles. The Morgan fingerprint density at radius 1 is 1.17 bits per heavy atom. The average Bonchev–Trinajstić information content (AvgIpc) is 2.75. The van der Waals surface area contributed by atoms with Crippen molar-refractivity contribution < 1.29 is 17.9 Å². The van der Waals surface area contributed by atoms with Gasteiger partial charge in [0, 0.05) is 0 Å². The van der Waals surface area contributed by atoms with Crippen LogP contribution < -0.4 is 0 Å². The van der Waals surface area contributed by atoms with Crippen molar-refractivity contribution in [2.75, 3.05) is 0 Å². The maximum absolute atomic E-state index is 13.4. The number of hydrogen-bond acceptors (Lipinski definition) is 1. The van der Waals surface area contributed by atoms with Gasteiger partial charge < -0.3 is 4.74 Å². The van der Waals surface area contributed by atoms with E-state index in [1.165, 1.54) is 18.2 Å². The van der Waals surface area contributed by atoms with Gasteiger partial charge >= 0.3 is 6.18 Å². The zero-order valence-corrected chi connectivity index (χ0v) is 10.2. The molecule has 1 aromatic rings. The minimum Gasteiger partial charge on any atom is -0.349 e. The Labute approximate surface area is 104 Å². The van der Waals surface area contributed by atoms with Gasteiger partial charge in [-0.15, -0.1) is 0 Å².